The molecule has 1 unspecified atom stereocenters. The predicted molar refractivity (Wildman–Crippen MR) is 129 cm³/mol. The fraction of sp³-hybridized carbons (Fsp3) is 0.370. The lowest BCUT2D eigenvalue weighted by atomic mass is 9.90. The zero-order chi connectivity index (χ0) is 25.2. The van der Waals surface area contributed by atoms with Gasteiger partial charge in [0.05, 0.1) is 17.5 Å². The first-order valence-electron chi connectivity index (χ1n) is 11.7. The molecule has 0 saturated heterocycles. The minimum atomic E-state index is -4.55. The van der Waals surface area contributed by atoms with Crippen LogP contribution < -0.4 is 10.6 Å². The Hall–Kier alpha value is -3.60. The number of amides is 1. The number of benzene rings is 2. The maximum absolute atomic E-state index is 13.5. The van der Waals surface area contributed by atoms with E-state index in [0.717, 1.165) is 36.5 Å². The van der Waals surface area contributed by atoms with Crippen molar-refractivity contribution in [3.8, 4) is 6.07 Å². The summed E-state index contributed by atoms with van der Waals surface area (Å²) in [7, 11) is 0. The normalized spacial score (nSPS) is 19.1. The van der Waals surface area contributed by atoms with Gasteiger partial charge in [0.15, 0.2) is 0 Å². The molecule has 0 radical (unpaired) electrons. The lowest BCUT2D eigenvalue weighted by Crippen LogP contribution is -2.41. The van der Waals surface area contributed by atoms with Gasteiger partial charge in [-0.15, -0.1) is 0 Å². The third kappa shape index (κ3) is 5.73. The molecular weight excluding hydrogens is 453 g/mol. The van der Waals surface area contributed by atoms with E-state index < -0.39 is 11.9 Å². The first-order valence-corrected chi connectivity index (χ1v) is 11.7. The van der Waals surface area contributed by atoms with Crippen LogP contribution in [0, 0.1) is 18.3 Å². The first kappa shape index (κ1) is 24.5. The number of rotatable bonds is 5. The number of pyridine rings is 1. The Morgan fingerprint density at radius 3 is 2.66 bits per heavy atom. The number of nitriles is 1. The Bertz CT molecular complexity index is 1280. The highest BCUT2D eigenvalue weighted by Crippen LogP contribution is 2.34. The highest BCUT2D eigenvalue weighted by molar-refractivity contribution is 5.94. The van der Waals surface area contributed by atoms with Gasteiger partial charge in [0.25, 0.3) is 5.91 Å². The number of aromatic nitrogens is 1. The van der Waals surface area contributed by atoms with Gasteiger partial charge in [0.2, 0.25) is 0 Å². The zero-order valence-corrected chi connectivity index (χ0v) is 19.6. The lowest BCUT2D eigenvalue weighted by Gasteiger charge is -2.31. The van der Waals surface area contributed by atoms with Crippen molar-refractivity contribution in [3.05, 3.63) is 70.9 Å². The number of anilines is 1. The van der Waals surface area contributed by atoms with Gasteiger partial charge in [0, 0.05) is 28.7 Å². The van der Waals surface area contributed by atoms with Crippen LogP contribution in [0.4, 0.5) is 18.9 Å². The lowest BCUT2D eigenvalue weighted by molar-refractivity contribution is -0.140. The Morgan fingerprint density at radius 2 is 1.91 bits per heavy atom. The van der Waals surface area contributed by atoms with E-state index in [1.807, 2.05) is 19.1 Å². The summed E-state index contributed by atoms with van der Waals surface area (Å²) >= 11 is 0. The van der Waals surface area contributed by atoms with E-state index in [1.54, 1.807) is 37.3 Å². The monoisotopic (exact) mass is 480 g/mol. The molecule has 1 fully saturated rings. The van der Waals surface area contributed by atoms with E-state index in [2.05, 4.69) is 21.7 Å². The minimum Gasteiger partial charge on any atom is -0.382 e. The number of nitrogens with zero attached hydrogens (tertiary/aromatic N) is 2. The van der Waals surface area contributed by atoms with E-state index in [-0.39, 0.29) is 23.9 Å². The summed E-state index contributed by atoms with van der Waals surface area (Å²) in [5.41, 5.74) is 1.97. The van der Waals surface area contributed by atoms with Gasteiger partial charge in [0.1, 0.15) is 5.69 Å². The second-order valence-corrected chi connectivity index (χ2v) is 9.23. The van der Waals surface area contributed by atoms with Gasteiger partial charge >= 0.3 is 6.18 Å². The van der Waals surface area contributed by atoms with Gasteiger partial charge in [-0.1, -0.05) is 23.8 Å². The molecule has 0 bridgehead atoms. The average Bonchev–Trinajstić information content (AvgIpc) is 2.83. The van der Waals surface area contributed by atoms with Gasteiger partial charge in [-0.25, -0.2) is 4.98 Å². The molecule has 8 heteroatoms. The second kappa shape index (κ2) is 9.95. The van der Waals surface area contributed by atoms with Gasteiger partial charge in [-0.2, -0.15) is 18.4 Å². The molecule has 1 heterocycles. The smallest absolute Gasteiger partial charge is 0.382 e. The van der Waals surface area contributed by atoms with Crippen LogP contribution in [0.2, 0.25) is 0 Å². The van der Waals surface area contributed by atoms with Crippen molar-refractivity contribution in [2.75, 3.05) is 5.32 Å². The Balaban J connectivity index is 1.51. The molecule has 1 saturated carbocycles. The van der Waals surface area contributed by atoms with E-state index in [0.29, 0.717) is 28.6 Å². The Morgan fingerprint density at radius 1 is 1.14 bits per heavy atom. The molecule has 1 aliphatic rings. The molecular formula is C27H27F3N4O. The molecule has 4 rings (SSSR count). The first-order chi connectivity index (χ1) is 16.6. The fourth-order valence-corrected chi connectivity index (χ4v) is 4.57. The van der Waals surface area contributed by atoms with Crippen molar-refractivity contribution in [2.45, 2.75) is 63.7 Å². The zero-order valence-electron chi connectivity index (χ0n) is 19.6. The third-order valence-corrected chi connectivity index (χ3v) is 6.47. The number of aryl methyl sites for hydroxylation is 1. The van der Waals surface area contributed by atoms with Crippen LogP contribution in [0.25, 0.3) is 10.9 Å². The van der Waals surface area contributed by atoms with Crippen LogP contribution in [0.15, 0.2) is 48.5 Å². The van der Waals surface area contributed by atoms with E-state index in [4.69, 9.17) is 5.26 Å². The SMILES string of the molecule is Cc1ccc2nc(C(F)(F)F)cc(N[C@H]3CCC[C@@H](NC(=O)c4cccc(C(C)C#N)c4)C3)c2c1. The number of nitrogens with one attached hydrogen (secondary N) is 2. The topological polar surface area (TPSA) is 77.8 Å². The van der Waals surface area contributed by atoms with Crippen molar-refractivity contribution in [1.29, 1.82) is 5.26 Å². The van der Waals surface area contributed by atoms with Crippen LogP contribution in [-0.4, -0.2) is 23.0 Å². The Labute approximate surface area is 202 Å². The number of halogens is 3. The van der Waals surface area contributed by atoms with Crippen molar-refractivity contribution in [1.82, 2.24) is 10.3 Å². The molecule has 3 atom stereocenters. The van der Waals surface area contributed by atoms with E-state index in [9.17, 15) is 18.0 Å². The van der Waals surface area contributed by atoms with Crippen LogP contribution in [-0.2, 0) is 6.18 Å². The summed E-state index contributed by atoms with van der Waals surface area (Å²) in [6, 6.07) is 15.3. The summed E-state index contributed by atoms with van der Waals surface area (Å²) in [5, 5.41) is 16.2. The van der Waals surface area contributed by atoms with Crippen molar-refractivity contribution in [2.24, 2.45) is 0 Å². The van der Waals surface area contributed by atoms with E-state index >= 15 is 0 Å². The van der Waals surface area contributed by atoms with Crippen LogP contribution in [0.3, 0.4) is 0 Å². The molecule has 0 aliphatic heterocycles. The quantitative estimate of drug-likeness (QED) is 0.447. The third-order valence-electron chi connectivity index (χ3n) is 6.47. The second-order valence-electron chi connectivity index (χ2n) is 9.23. The van der Waals surface area contributed by atoms with Gasteiger partial charge in [-0.05, 0) is 75.4 Å². The van der Waals surface area contributed by atoms with E-state index in [1.165, 1.54) is 0 Å². The number of carbonyl (C=O) groups is 1. The van der Waals surface area contributed by atoms with Crippen LogP contribution in [0.5, 0.6) is 0 Å². The molecule has 5 nitrogen and oxygen atoms in total. The Kier molecular flexibility index (Phi) is 6.97. The highest BCUT2D eigenvalue weighted by Gasteiger charge is 2.34. The molecule has 0 spiro atoms. The standard InChI is InChI=1S/C27H27F3N4O/c1-16-9-10-23-22(11-16)24(14-25(34-23)27(28,29)30)32-20-7-4-8-21(13-20)33-26(35)19-6-3-5-18(12-19)17(2)15-31/h3,5-6,9-12,14,17,20-21H,4,7-8,13H2,1-2H3,(H,32,34)(H,33,35)/t17?,20-,21+/m0/s1. The largest absolute Gasteiger partial charge is 0.433 e. The summed E-state index contributed by atoms with van der Waals surface area (Å²) in [4.78, 5) is 16.7. The summed E-state index contributed by atoms with van der Waals surface area (Å²) in [6.07, 6.45) is -1.53. The number of carbonyl (C=O) groups excluding carboxylic acids is 1. The summed E-state index contributed by atoms with van der Waals surface area (Å²) in [5.74, 6) is -0.529. The molecule has 1 aromatic heterocycles. The molecule has 35 heavy (non-hydrogen) atoms. The number of hydrogen-bond acceptors (Lipinski definition) is 4. The fourth-order valence-electron chi connectivity index (χ4n) is 4.57. The van der Waals surface area contributed by atoms with Crippen molar-refractivity contribution < 1.29 is 18.0 Å². The maximum atomic E-state index is 13.5. The maximum Gasteiger partial charge on any atom is 0.433 e. The summed E-state index contributed by atoms with van der Waals surface area (Å²) in [6.45, 7) is 3.67. The average molecular weight is 481 g/mol. The molecule has 2 aromatic carbocycles. The van der Waals surface area contributed by atoms with Crippen LogP contribution >= 0.6 is 0 Å². The molecule has 1 amide bonds. The molecule has 3 aromatic rings. The van der Waals surface area contributed by atoms with Gasteiger partial charge < -0.3 is 10.6 Å². The van der Waals surface area contributed by atoms with Gasteiger partial charge in [-0.3, -0.25) is 4.79 Å². The predicted octanol–water partition coefficient (Wildman–Crippen LogP) is 6.34. The number of fused-ring (bicyclic) bond motifs is 1. The molecule has 2 N–H and O–H groups in total. The summed E-state index contributed by atoms with van der Waals surface area (Å²) < 4.78 is 40.4. The minimum absolute atomic E-state index is 0.0915. The molecule has 182 valence electrons. The van der Waals surface area contributed by atoms with Crippen molar-refractivity contribution >= 4 is 22.5 Å². The number of hydrogen-bond donors (Lipinski definition) is 2. The highest BCUT2D eigenvalue weighted by atomic mass is 19.4. The molecule has 1 aliphatic carbocycles. The van der Waals surface area contributed by atoms with Crippen molar-refractivity contribution in [3.63, 3.8) is 0 Å². The number of alkyl halides is 3. The van der Waals surface area contributed by atoms with Crippen LogP contribution in [0.1, 0.15) is 65.7 Å².